The number of carbonyl (C=O) groups is 1. The number of amides is 1. The molecule has 6 nitrogen and oxygen atoms in total. The summed E-state index contributed by atoms with van der Waals surface area (Å²) in [4.78, 5) is 22.3. The van der Waals surface area contributed by atoms with Gasteiger partial charge in [0.25, 0.3) is 5.91 Å². The number of halogens is 2. The molecular formula is C17H19F2N5O. The minimum absolute atomic E-state index is 0.0467. The van der Waals surface area contributed by atoms with E-state index in [2.05, 4.69) is 20.6 Å². The monoisotopic (exact) mass is 347 g/mol. The van der Waals surface area contributed by atoms with Crippen molar-refractivity contribution in [1.82, 2.24) is 15.3 Å². The molecule has 3 rings (SSSR count). The third-order valence-corrected chi connectivity index (χ3v) is 4.09. The van der Waals surface area contributed by atoms with E-state index in [1.807, 2.05) is 0 Å². The topological polar surface area (TPSA) is 70.2 Å². The molecule has 0 bridgehead atoms. The maximum atomic E-state index is 13.9. The first kappa shape index (κ1) is 17.1. The van der Waals surface area contributed by atoms with E-state index in [1.54, 1.807) is 24.9 Å². The first-order valence-corrected chi connectivity index (χ1v) is 8.01. The van der Waals surface area contributed by atoms with Gasteiger partial charge in [0.2, 0.25) is 5.95 Å². The second-order valence-corrected chi connectivity index (χ2v) is 5.94. The van der Waals surface area contributed by atoms with Gasteiger partial charge in [-0.15, -0.1) is 0 Å². The van der Waals surface area contributed by atoms with Crippen molar-refractivity contribution in [3.05, 3.63) is 47.3 Å². The number of nitrogens with one attached hydrogen (secondary N) is 2. The summed E-state index contributed by atoms with van der Waals surface area (Å²) in [5.74, 6) is -1.16. The van der Waals surface area contributed by atoms with Gasteiger partial charge in [-0.25, -0.2) is 18.7 Å². The second kappa shape index (κ2) is 7.00. The van der Waals surface area contributed by atoms with E-state index in [0.29, 0.717) is 31.2 Å². The molecule has 1 aromatic heterocycles. The summed E-state index contributed by atoms with van der Waals surface area (Å²) >= 11 is 0. The van der Waals surface area contributed by atoms with Crippen LogP contribution in [0.3, 0.4) is 0 Å². The van der Waals surface area contributed by atoms with Crippen LogP contribution in [0.1, 0.15) is 22.6 Å². The van der Waals surface area contributed by atoms with Crippen molar-refractivity contribution in [1.29, 1.82) is 0 Å². The van der Waals surface area contributed by atoms with Crippen molar-refractivity contribution in [3.8, 4) is 0 Å². The number of carbonyl (C=O) groups excluding carboxylic acids is 1. The molecule has 132 valence electrons. The van der Waals surface area contributed by atoms with E-state index in [9.17, 15) is 13.6 Å². The summed E-state index contributed by atoms with van der Waals surface area (Å²) in [6.07, 6.45) is 0.600. The number of nitrogens with zero attached hydrogens (tertiary/aromatic N) is 3. The Morgan fingerprint density at radius 3 is 2.68 bits per heavy atom. The normalized spacial score (nSPS) is 16.8. The Kier molecular flexibility index (Phi) is 4.78. The maximum Gasteiger partial charge on any atom is 0.270 e. The average Bonchev–Trinajstić information content (AvgIpc) is 3.02. The van der Waals surface area contributed by atoms with Crippen LogP contribution in [0.2, 0.25) is 0 Å². The van der Waals surface area contributed by atoms with E-state index in [1.165, 1.54) is 18.2 Å². The number of aromatic nitrogens is 2. The summed E-state index contributed by atoms with van der Waals surface area (Å²) in [7, 11) is 1.67. The first-order valence-electron chi connectivity index (χ1n) is 8.01. The zero-order valence-electron chi connectivity index (χ0n) is 14.0. The number of para-hydroxylation sites is 1. The lowest BCUT2D eigenvalue weighted by molar-refractivity contribution is 0.0935. The molecule has 1 aliphatic heterocycles. The fourth-order valence-corrected chi connectivity index (χ4v) is 2.93. The van der Waals surface area contributed by atoms with Crippen LogP contribution < -0.4 is 15.5 Å². The van der Waals surface area contributed by atoms with Crippen molar-refractivity contribution in [3.63, 3.8) is 0 Å². The number of aryl methyl sites for hydroxylation is 1. The molecule has 0 aliphatic carbocycles. The number of hydrogen-bond acceptors (Lipinski definition) is 5. The zero-order chi connectivity index (χ0) is 18.0. The largest absolute Gasteiger partial charge is 0.365 e. The summed E-state index contributed by atoms with van der Waals surface area (Å²) in [6, 6.07) is 5.18. The molecule has 2 N–H and O–H groups in total. The molecule has 1 saturated heterocycles. The molecule has 0 radical (unpaired) electrons. The quantitative estimate of drug-likeness (QED) is 0.887. The van der Waals surface area contributed by atoms with E-state index >= 15 is 0 Å². The number of hydrogen-bond donors (Lipinski definition) is 2. The van der Waals surface area contributed by atoms with Gasteiger partial charge in [-0.05, 0) is 31.5 Å². The van der Waals surface area contributed by atoms with Crippen molar-refractivity contribution in [2.24, 2.45) is 0 Å². The van der Waals surface area contributed by atoms with Crippen LogP contribution in [0, 0.1) is 18.6 Å². The Bertz CT molecular complexity index is 778. The molecule has 1 aliphatic rings. The highest BCUT2D eigenvalue weighted by molar-refractivity contribution is 5.92. The van der Waals surface area contributed by atoms with Crippen molar-refractivity contribution < 1.29 is 13.6 Å². The van der Waals surface area contributed by atoms with Gasteiger partial charge >= 0.3 is 0 Å². The minimum atomic E-state index is -0.600. The van der Waals surface area contributed by atoms with Crippen molar-refractivity contribution >= 4 is 17.5 Å². The number of benzene rings is 1. The SMILES string of the molecule is CNc1nc(C)cc(C(=O)NC2CCN(c3c(F)cccc3F)C2)n1. The minimum Gasteiger partial charge on any atom is -0.365 e. The fourth-order valence-electron chi connectivity index (χ4n) is 2.93. The molecule has 2 aromatic rings. The smallest absolute Gasteiger partial charge is 0.270 e. The molecule has 25 heavy (non-hydrogen) atoms. The van der Waals surface area contributed by atoms with Gasteiger partial charge in [-0.3, -0.25) is 4.79 Å². The van der Waals surface area contributed by atoms with E-state index < -0.39 is 11.6 Å². The van der Waals surface area contributed by atoms with E-state index in [0.717, 1.165) is 0 Å². The van der Waals surface area contributed by atoms with Crippen LogP contribution in [0.5, 0.6) is 0 Å². The first-order chi connectivity index (χ1) is 12.0. The van der Waals surface area contributed by atoms with E-state index in [-0.39, 0.29) is 23.3 Å². The molecular weight excluding hydrogens is 328 g/mol. The molecule has 1 fully saturated rings. The Hall–Kier alpha value is -2.77. The summed E-state index contributed by atoms with van der Waals surface area (Å²) in [5, 5.41) is 5.67. The van der Waals surface area contributed by atoms with Crippen molar-refractivity contribution in [2.75, 3.05) is 30.4 Å². The Labute approximate surface area is 144 Å². The maximum absolute atomic E-state index is 13.9. The average molecular weight is 347 g/mol. The lowest BCUT2D eigenvalue weighted by Crippen LogP contribution is -2.37. The summed E-state index contributed by atoms with van der Waals surface area (Å²) < 4.78 is 27.8. The summed E-state index contributed by atoms with van der Waals surface area (Å²) in [6.45, 7) is 2.58. The highest BCUT2D eigenvalue weighted by Crippen LogP contribution is 2.26. The third kappa shape index (κ3) is 3.67. The van der Waals surface area contributed by atoms with Crippen LogP contribution in [-0.2, 0) is 0 Å². The van der Waals surface area contributed by atoms with Gasteiger partial charge in [0.15, 0.2) is 0 Å². The molecule has 1 aromatic carbocycles. The van der Waals surface area contributed by atoms with Crippen molar-refractivity contribution in [2.45, 2.75) is 19.4 Å². The summed E-state index contributed by atoms with van der Waals surface area (Å²) in [5.41, 5.74) is 0.882. The Morgan fingerprint density at radius 1 is 1.28 bits per heavy atom. The molecule has 1 amide bonds. The van der Waals surface area contributed by atoms with Crippen LogP contribution in [0.4, 0.5) is 20.4 Å². The van der Waals surface area contributed by atoms with Gasteiger partial charge in [-0.1, -0.05) is 6.07 Å². The molecule has 0 spiro atoms. The lowest BCUT2D eigenvalue weighted by Gasteiger charge is -2.20. The van der Waals surface area contributed by atoms with Gasteiger partial charge < -0.3 is 15.5 Å². The molecule has 2 heterocycles. The standard InChI is InChI=1S/C17H19F2N5O/c1-10-8-14(23-17(20-2)21-10)16(25)22-11-6-7-24(9-11)15-12(18)4-3-5-13(15)19/h3-5,8,11H,6-7,9H2,1-2H3,(H,22,25)(H,20,21,23). The lowest BCUT2D eigenvalue weighted by atomic mass is 10.2. The van der Waals surface area contributed by atoms with Gasteiger partial charge in [-0.2, -0.15) is 0 Å². The van der Waals surface area contributed by atoms with Gasteiger partial charge in [0, 0.05) is 31.9 Å². The van der Waals surface area contributed by atoms with Crippen LogP contribution in [0.15, 0.2) is 24.3 Å². The highest BCUT2D eigenvalue weighted by Gasteiger charge is 2.28. The second-order valence-electron chi connectivity index (χ2n) is 5.94. The molecule has 1 unspecified atom stereocenters. The van der Waals surface area contributed by atoms with Crippen LogP contribution >= 0.6 is 0 Å². The number of anilines is 2. The van der Waals surface area contributed by atoms with Gasteiger partial charge in [0.05, 0.1) is 0 Å². The zero-order valence-corrected chi connectivity index (χ0v) is 14.0. The predicted octanol–water partition coefficient (Wildman–Crippen LogP) is 2.11. The molecule has 8 heteroatoms. The molecule has 1 atom stereocenters. The Morgan fingerprint density at radius 2 is 2.00 bits per heavy atom. The van der Waals surface area contributed by atoms with E-state index in [4.69, 9.17) is 0 Å². The number of rotatable bonds is 4. The highest BCUT2D eigenvalue weighted by atomic mass is 19.1. The predicted molar refractivity (Wildman–Crippen MR) is 90.8 cm³/mol. The van der Waals surface area contributed by atoms with Crippen LogP contribution in [-0.4, -0.2) is 42.1 Å². The fraction of sp³-hybridized carbons (Fsp3) is 0.353. The molecule has 0 saturated carbocycles. The third-order valence-electron chi connectivity index (χ3n) is 4.09. The van der Waals surface area contributed by atoms with Crippen LogP contribution in [0.25, 0.3) is 0 Å². The Balaban J connectivity index is 1.69. The van der Waals surface area contributed by atoms with Gasteiger partial charge in [0.1, 0.15) is 23.0 Å².